The lowest BCUT2D eigenvalue weighted by molar-refractivity contribution is -0.269. The third kappa shape index (κ3) is 3.98. The average molecular weight is 235 g/mol. The highest BCUT2D eigenvalue weighted by Gasteiger charge is 2.63. The monoisotopic (exact) mass is 235 g/mol. The normalized spacial score (nSPS) is 14.9. The summed E-state index contributed by atoms with van der Waals surface area (Å²) in [6.07, 6.45) is -6.88. The minimum Gasteiger partial charge on any atom is -0.393 e. The van der Waals surface area contributed by atoms with Crippen molar-refractivity contribution in [3.8, 4) is 0 Å². The van der Waals surface area contributed by atoms with Crippen molar-refractivity contribution in [3.63, 3.8) is 0 Å². The van der Waals surface area contributed by atoms with Crippen LogP contribution in [0.4, 0.5) is 22.0 Å². The maximum atomic E-state index is 12.2. The van der Waals surface area contributed by atoms with Crippen LogP contribution in [-0.2, 0) is 4.79 Å². The Bertz CT molecular complexity index is 226. The van der Waals surface area contributed by atoms with Crippen molar-refractivity contribution < 1.29 is 31.9 Å². The summed E-state index contributed by atoms with van der Waals surface area (Å²) in [5.41, 5.74) is 0. The number of aliphatic hydroxyl groups is 1. The van der Waals surface area contributed by atoms with Gasteiger partial charge in [0.05, 0.1) is 6.10 Å². The van der Waals surface area contributed by atoms with Gasteiger partial charge in [-0.05, 0) is 13.3 Å². The summed E-state index contributed by atoms with van der Waals surface area (Å²) < 4.78 is 59.3. The maximum absolute atomic E-state index is 12.2. The minimum absolute atomic E-state index is 0.0975. The molecule has 0 aliphatic carbocycles. The maximum Gasteiger partial charge on any atom is 0.463 e. The summed E-state index contributed by atoms with van der Waals surface area (Å²) in [7, 11) is 0. The number of hydrogen-bond donors (Lipinski definition) is 2. The Balaban J connectivity index is 4.21. The fraction of sp³-hybridized carbons (Fsp3) is 0.857. The number of hydrogen-bond acceptors (Lipinski definition) is 2. The highest BCUT2D eigenvalue weighted by atomic mass is 19.4. The minimum atomic E-state index is -5.90. The molecule has 1 atom stereocenters. The summed E-state index contributed by atoms with van der Waals surface area (Å²) in [6, 6.07) is 0. The van der Waals surface area contributed by atoms with E-state index in [0.717, 1.165) is 0 Å². The lowest BCUT2D eigenvalue weighted by Gasteiger charge is -2.18. The van der Waals surface area contributed by atoms with Crippen LogP contribution in [0.1, 0.15) is 13.3 Å². The first kappa shape index (κ1) is 14.1. The Labute approximate surface area is 82.3 Å². The number of halogens is 5. The third-order valence-corrected chi connectivity index (χ3v) is 1.49. The van der Waals surface area contributed by atoms with Crippen LogP contribution in [0, 0.1) is 0 Å². The second-order valence-electron chi connectivity index (χ2n) is 2.97. The molecule has 0 radical (unpaired) electrons. The number of rotatable bonds is 4. The van der Waals surface area contributed by atoms with E-state index < -0.39 is 30.7 Å². The van der Waals surface area contributed by atoms with Gasteiger partial charge in [0, 0.05) is 6.54 Å². The molecule has 15 heavy (non-hydrogen) atoms. The fourth-order valence-corrected chi connectivity index (χ4v) is 0.634. The Morgan fingerprint density at radius 1 is 1.33 bits per heavy atom. The van der Waals surface area contributed by atoms with Crippen LogP contribution in [0.5, 0.6) is 0 Å². The standard InChI is InChI=1S/C7H10F5NO2/c1-4(14)2-3-13-5(15)6(8,9)7(10,11)12/h4,14H,2-3H2,1H3,(H,13,15). The number of nitrogens with one attached hydrogen (secondary N) is 1. The van der Waals surface area contributed by atoms with E-state index in [-0.39, 0.29) is 6.42 Å². The molecule has 0 spiro atoms. The number of carbonyl (C=O) groups is 1. The van der Waals surface area contributed by atoms with E-state index in [1.54, 1.807) is 0 Å². The van der Waals surface area contributed by atoms with Crippen LogP contribution in [0.2, 0.25) is 0 Å². The number of alkyl halides is 5. The Morgan fingerprint density at radius 3 is 2.13 bits per heavy atom. The van der Waals surface area contributed by atoms with Gasteiger partial charge in [-0.25, -0.2) is 0 Å². The Kier molecular flexibility index (Phi) is 4.44. The molecule has 0 aromatic rings. The predicted molar refractivity (Wildman–Crippen MR) is 40.3 cm³/mol. The van der Waals surface area contributed by atoms with Crippen LogP contribution in [-0.4, -0.2) is 35.8 Å². The molecule has 0 saturated heterocycles. The van der Waals surface area contributed by atoms with Crippen molar-refractivity contribution in [2.24, 2.45) is 0 Å². The highest BCUT2D eigenvalue weighted by Crippen LogP contribution is 2.35. The van der Waals surface area contributed by atoms with Crippen LogP contribution in [0.25, 0.3) is 0 Å². The molecular formula is C7H10F5NO2. The van der Waals surface area contributed by atoms with E-state index >= 15 is 0 Å². The molecule has 90 valence electrons. The quantitative estimate of drug-likeness (QED) is 0.716. The highest BCUT2D eigenvalue weighted by molar-refractivity contribution is 5.84. The van der Waals surface area contributed by atoms with E-state index in [2.05, 4.69) is 0 Å². The molecule has 0 aliphatic rings. The summed E-state index contributed by atoms with van der Waals surface area (Å²) in [5.74, 6) is -7.80. The molecular weight excluding hydrogens is 225 g/mol. The fourth-order valence-electron chi connectivity index (χ4n) is 0.634. The van der Waals surface area contributed by atoms with Crippen molar-refractivity contribution >= 4 is 5.91 Å². The Morgan fingerprint density at radius 2 is 1.80 bits per heavy atom. The molecule has 0 bridgehead atoms. The topological polar surface area (TPSA) is 49.3 Å². The zero-order valence-electron chi connectivity index (χ0n) is 7.74. The van der Waals surface area contributed by atoms with Gasteiger partial charge >= 0.3 is 12.1 Å². The van der Waals surface area contributed by atoms with Gasteiger partial charge < -0.3 is 10.4 Å². The second kappa shape index (κ2) is 4.73. The molecule has 1 amide bonds. The summed E-state index contributed by atoms with van der Waals surface area (Å²) >= 11 is 0. The summed E-state index contributed by atoms with van der Waals surface area (Å²) in [4.78, 5) is 10.4. The first-order chi connectivity index (χ1) is 6.59. The van der Waals surface area contributed by atoms with E-state index in [1.807, 2.05) is 0 Å². The molecule has 8 heteroatoms. The predicted octanol–water partition coefficient (Wildman–Crippen LogP) is 1.07. The van der Waals surface area contributed by atoms with Gasteiger partial charge in [-0.3, -0.25) is 4.79 Å². The zero-order valence-corrected chi connectivity index (χ0v) is 7.74. The van der Waals surface area contributed by atoms with Crippen molar-refractivity contribution in [1.29, 1.82) is 0 Å². The largest absolute Gasteiger partial charge is 0.463 e. The van der Waals surface area contributed by atoms with Crippen LogP contribution in [0.3, 0.4) is 0 Å². The molecule has 0 aromatic carbocycles. The summed E-state index contributed by atoms with van der Waals surface area (Å²) in [6.45, 7) is 0.871. The van der Waals surface area contributed by atoms with Gasteiger partial charge in [0.15, 0.2) is 0 Å². The van der Waals surface area contributed by atoms with Crippen LogP contribution < -0.4 is 5.32 Å². The van der Waals surface area contributed by atoms with Gasteiger partial charge in [0.2, 0.25) is 0 Å². The Hall–Kier alpha value is -0.920. The first-order valence-corrected chi connectivity index (χ1v) is 4.00. The van der Waals surface area contributed by atoms with Crippen molar-refractivity contribution in [3.05, 3.63) is 0 Å². The number of carbonyl (C=O) groups excluding carboxylic acids is 1. The number of amides is 1. The SMILES string of the molecule is CC(O)CCNC(=O)C(F)(F)C(F)(F)F. The molecule has 2 N–H and O–H groups in total. The first-order valence-electron chi connectivity index (χ1n) is 4.00. The number of aliphatic hydroxyl groups excluding tert-OH is 1. The lowest BCUT2D eigenvalue weighted by Crippen LogP contribution is -2.50. The van der Waals surface area contributed by atoms with Gasteiger partial charge in [0.1, 0.15) is 0 Å². The average Bonchev–Trinajstić information content (AvgIpc) is 2.01. The molecule has 0 aromatic heterocycles. The second-order valence-corrected chi connectivity index (χ2v) is 2.97. The smallest absolute Gasteiger partial charge is 0.393 e. The molecule has 3 nitrogen and oxygen atoms in total. The van der Waals surface area contributed by atoms with E-state index in [0.29, 0.717) is 0 Å². The molecule has 0 heterocycles. The molecule has 0 rings (SSSR count). The van der Waals surface area contributed by atoms with Gasteiger partial charge in [-0.1, -0.05) is 0 Å². The van der Waals surface area contributed by atoms with E-state index in [1.165, 1.54) is 12.2 Å². The van der Waals surface area contributed by atoms with Crippen LogP contribution in [0.15, 0.2) is 0 Å². The van der Waals surface area contributed by atoms with E-state index in [4.69, 9.17) is 5.11 Å². The summed E-state index contributed by atoms with van der Waals surface area (Å²) in [5, 5.41) is 10.1. The van der Waals surface area contributed by atoms with E-state index in [9.17, 15) is 26.7 Å². The zero-order chi connectivity index (χ0) is 12.3. The van der Waals surface area contributed by atoms with Gasteiger partial charge in [0.25, 0.3) is 5.91 Å². The van der Waals surface area contributed by atoms with Gasteiger partial charge in [-0.15, -0.1) is 0 Å². The van der Waals surface area contributed by atoms with Crippen molar-refractivity contribution in [1.82, 2.24) is 5.32 Å². The molecule has 0 saturated carbocycles. The van der Waals surface area contributed by atoms with Gasteiger partial charge in [-0.2, -0.15) is 22.0 Å². The van der Waals surface area contributed by atoms with Crippen LogP contribution >= 0.6 is 0 Å². The molecule has 1 unspecified atom stereocenters. The molecule has 0 fully saturated rings. The van der Waals surface area contributed by atoms with Crippen molar-refractivity contribution in [2.45, 2.75) is 31.5 Å². The van der Waals surface area contributed by atoms with Crippen molar-refractivity contribution in [2.75, 3.05) is 6.54 Å². The molecule has 0 aliphatic heterocycles. The third-order valence-electron chi connectivity index (χ3n) is 1.49. The lowest BCUT2D eigenvalue weighted by atomic mass is 10.2.